The molecule has 2 spiro atoms. The molecule has 0 bridgehead atoms. The summed E-state index contributed by atoms with van der Waals surface area (Å²) in [5, 5.41) is 54.1. The highest BCUT2D eigenvalue weighted by molar-refractivity contribution is 5.66. The number of fused-ring (bicyclic) bond motifs is 5. The van der Waals surface area contributed by atoms with Gasteiger partial charge in [-0.15, -0.1) is 0 Å². The Hall–Kier alpha value is -0.890. The van der Waals surface area contributed by atoms with Crippen LogP contribution < -0.4 is 0 Å². The SMILES string of the molecule is CC(=O)OC1CC23CC24CCC(OC2OCC(O)C(O)C2O)C(C)(C)C4CCC3C2(C)CC3OC4(O)C(OC(C)(C)C4O)C(C)C3C12C. The van der Waals surface area contributed by atoms with Crippen LogP contribution in [0.2, 0.25) is 0 Å². The van der Waals surface area contributed by atoms with Crippen molar-refractivity contribution in [1.29, 1.82) is 0 Å². The van der Waals surface area contributed by atoms with Crippen molar-refractivity contribution < 1.29 is 54.0 Å². The molecule has 5 saturated carbocycles. The van der Waals surface area contributed by atoms with Gasteiger partial charge in [0.25, 0.3) is 0 Å². The third-order valence-electron chi connectivity index (χ3n) is 16.4. The van der Waals surface area contributed by atoms with Gasteiger partial charge in [0.1, 0.15) is 36.6 Å². The summed E-state index contributed by atoms with van der Waals surface area (Å²) in [6, 6.07) is 0. The van der Waals surface area contributed by atoms with Crippen molar-refractivity contribution in [3.8, 4) is 0 Å². The van der Waals surface area contributed by atoms with Gasteiger partial charge in [0.2, 0.25) is 5.79 Å². The molecule has 8 fully saturated rings. The largest absolute Gasteiger partial charge is 0.462 e. The predicted octanol–water partition coefficient (Wildman–Crippen LogP) is 2.66. The molecule has 3 saturated heterocycles. The molecule has 11 heteroatoms. The number of aliphatic hydroxyl groups is 5. The molecule has 8 aliphatic rings. The van der Waals surface area contributed by atoms with E-state index in [4.69, 9.17) is 23.7 Å². The van der Waals surface area contributed by atoms with E-state index in [1.54, 1.807) is 13.8 Å². The molecule has 0 radical (unpaired) electrons. The second-order valence-corrected chi connectivity index (χ2v) is 19.0. The van der Waals surface area contributed by atoms with Crippen molar-refractivity contribution in [2.45, 2.75) is 167 Å². The van der Waals surface area contributed by atoms with Gasteiger partial charge in [-0.2, -0.15) is 0 Å². The van der Waals surface area contributed by atoms with E-state index in [2.05, 4.69) is 34.6 Å². The maximum absolute atomic E-state index is 12.9. The molecule has 5 aliphatic carbocycles. The van der Waals surface area contributed by atoms with Gasteiger partial charge < -0.3 is 49.2 Å². The Morgan fingerprint density at radius 1 is 0.854 bits per heavy atom. The topological polar surface area (TPSA) is 164 Å². The van der Waals surface area contributed by atoms with Crippen LogP contribution in [-0.4, -0.2) is 105 Å². The van der Waals surface area contributed by atoms with Crippen LogP contribution >= 0.6 is 0 Å². The van der Waals surface area contributed by atoms with Crippen LogP contribution in [0.4, 0.5) is 0 Å². The molecular formula is C37H58O11. The Morgan fingerprint density at radius 2 is 1.54 bits per heavy atom. The summed E-state index contributed by atoms with van der Waals surface area (Å²) >= 11 is 0. The molecule has 5 N–H and O–H groups in total. The monoisotopic (exact) mass is 678 g/mol. The minimum atomic E-state index is -1.80. The van der Waals surface area contributed by atoms with Crippen LogP contribution in [0.25, 0.3) is 0 Å². The minimum Gasteiger partial charge on any atom is -0.462 e. The molecule has 0 aromatic heterocycles. The van der Waals surface area contributed by atoms with E-state index in [0.29, 0.717) is 18.3 Å². The quantitative estimate of drug-likeness (QED) is 0.220. The average molecular weight is 679 g/mol. The predicted molar refractivity (Wildman–Crippen MR) is 170 cm³/mol. The van der Waals surface area contributed by atoms with Crippen LogP contribution in [0.1, 0.15) is 100 Å². The molecule has 3 aliphatic heterocycles. The minimum absolute atomic E-state index is 0.0187. The summed E-state index contributed by atoms with van der Waals surface area (Å²) in [6.45, 7) is 16.3. The Kier molecular flexibility index (Phi) is 7.24. The Bertz CT molecular complexity index is 1350. The van der Waals surface area contributed by atoms with E-state index in [0.717, 1.165) is 38.5 Å². The highest BCUT2D eigenvalue weighted by atomic mass is 16.7. The second kappa shape index (κ2) is 10.2. The molecular weight excluding hydrogens is 620 g/mol. The molecule has 18 unspecified atom stereocenters. The highest BCUT2D eigenvalue weighted by Gasteiger charge is 2.86. The van der Waals surface area contributed by atoms with Crippen molar-refractivity contribution in [3.63, 3.8) is 0 Å². The lowest BCUT2D eigenvalue weighted by molar-refractivity contribution is -0.330. The fraction of sp³-hybridized carbons (Fsp3) is 0.973. The van der Waals surface area contributed by atoms with Gasteiger partial charge in [-0.3, -0.25) is 4.79 Å². The van der Waals surface area contributed by atoms with Gasteiger partial charge in [0.05, 0.1) is 24.4 Å². The van der Waals surface area contributed by atoms with Crippen LogP contribution in [-0.2, 0) is 28.5 Å². The summed E-state index contributed by atoms with van der Waals surface area (Å²) in [5.74, 6) is -1.56. The maximum atomic E-state index is 12.9. The molecule has 8 rings (SSSR count). The van der Waals surface area contributed by atoms with Gasteiger partial charge in [-0.25, -0.2) is 0 Å². The third-order valence-corrected chi connectivity index (χ3v) is 16.4. The van der Waals surface area contributed by atoms with Crippen molar-refractivity contribution >= 4 is 5.97 Å². The van der Waals surface area contributed by atoms with E-state index in [9.17, 15) is 30.3 Å². The number of hydrogen-bond acceptors (Lipinski definition) is 11. The Labute approximate surface area is 284 Å². The lowest BCUT2D eigenvalue weighted by Gasteiger charge is -2.65. The van der Waals surface area contributed by atoms with E-state index in [1.807, 2.05) is 0 Å². The standard InChI is InChI=1S/C37H58O11/c1-17-25-20(47-37(43)28(17)48-32(5,6)30(37)42)13-33(7)22-10-9-21-31(3,4)23(46-29-27(41)26(40)19(39)15-44-29)11-12-35(21)16-36(22,35)14-24(34(25,33)8)45-18(2)38/h17,19-30,39-43H,9-16H2,1-8H3. The fourth-order valence-corrected chi connectivity index (χ4v) is 14.3. The van der Waals surface area contributed by atoms with E-state index in [-0.39, 0.29) is 64.4 Å². The van der Waals surface area contributed by atoms with Gasteiger partial charge >= 0.3 is 5.97 Å². The molecule has 18 atom stereocenters. The number of ether oxygens (including phenoxy) is 5. The fourth-order valence-electron chi connectivity index (χ4n) is 14.3. The third kappa shape index (κ3) is 3.95. The lowest BCUT2D eigenvalue weighted by atomic mass is 9.41. The zero-order valence-corrected chi connectivity index (χ0v) is 29.8. The molecule has 3 heterocycles. The van der Waals surface area contributed by atoms with Crippen molar-refractivity contribution in [2.75, 3.05) is 6.61 Å². The smallest absolute Gasteiger partial charge is 0.302 e. The number of carbonyl (C=O) groups is 1. The lowest BCUT2D eigenvalue weighted by Crippen LogP contribution is -2.66. The van der Waals surface area contributed by atoms with Crippen LogP contribution in [0.5, 0.6) is 0 Å². The average Bonchev–Trinajstić information content (AvgIpc) is 3.52. The first kappa shape index (κ1) is 34.2. The highest BCUT2D eigenvalue weighted by Crippen LogP contribution is 2.89. The number of esters is 1. The molecule has 272 valence electrons. The summed E-state index contributed by atoms with van der Waals surface area (Å²) in [7, 11) is 0. The zero-order valence-electron chi connectivity index (χ0n) is 29.8. The normalized spacial score (nSPS) is 60.4. The van der Waals surface area contributed by atoms with Crippen molar-refractivity contribution in [3.05, 3.63) is 0 Å². The number of hydrogen-bond donors (Lipinski definition) is 5. The van der Waals surface area contributed by atoms with E-state index in [1.165, 1.54) is 6.92 Å². The zero-order chi connectivity index (χ0) is 34.8. The van der Waals surface area contributed by atoms with Crippen LogP contribution in [0.3, 0.4) is 0 Å². The van der Waals surface area contributed by atoms with Gasteiger partial charge in [-0.1, -0.05) is 34.6 Å². The Balaban J connectivity index is 1.12. The Morgan fingerprint density at radius 3 is 2.23 bits per heavy atom. The summed E-state index contributed by atoms with van der Waals surface area (Å²) in [6.07, 6.45) is -1.19. The molecule has 0 amide bonds. The number of aliphatic hydroxyl groups excluding tert-OH is 4. The summed E-state index contributed by atoms with van der Waals surface area (Å²) in [5.41, 5.74) is -1.87. The van der Waals surface area contributed by atoms with Crippen LogP contribution in [0.15, 0.2) is 0 Å². The van der Waals surface area contributed by atoms with E-state index < -0.39 is 53.6 Å². The van der Waals surface area contributed by atoms with Gasteiger partial charge in [0, 0.05) is 12.3 Å². The molecule has 11 nitrogen and oxygen atoms in total. The van der Waals surface area contributed by atoms with Crippen molar-refractivity contribution in [1.82, 2.24) is 0 Å². The van der Waals surface area contributed by atoms with Crippen molar-refractivity contribution in [2.24, 2.45) is 50.7 Å². The van der Waals surface area contributed by atoms with Gasteiger partial charge in [-0.05, 0) is 104 Å². The summed E-state index contributed by atoms with van der Waals surface area (Å²) in [4.78, 5) is 12.9. The first-order valence-electron chi connectivity index (χ1n) is 18.5. The maximum Gasteiger partial charge on any atom is 0.302 e. The number of rotatable bonds is 3. The van der Waals surface area contributed by atoms with Gasteiger partial charge in [0.15, 0.2) is 6.29 Å². The first-order valence-corrected chi connectivity index (χ1v) is 18.5. The molecule has 0 aromatic carbocycles. The number of carbonyl (C=O) groups excluding carboxylic acids is 1. The molecule has 0 aromatic rings. The van der Waals surface area contributed by atoms with E-state index >= 15 is 0 Å². The second-order valence-electron chi connectivity index (χ2n) is 19.0. The molecule has 48 heavy (non-hydrogen) atoms. The van der Waals surface area contributed by atoms with Crippen LogP contribution in [0, 0.1) is 50.7 Å². The first-order chi connectivity index (χ1) is 22.2. The summed E-state index contributed by atoms with van der Waals surface area (Å²) < 4.78 is 31.6.